The van der Waals surface area contributed by atoms with Gasteiger partial charge in [0.1, 0.15) is 0 Å². The highest BCUT2D eigenvalue weighted by atomic mass is 35.5. The molecule has 0 saturated carbocycles. The van der Waals surface area contributed by atoms with Crippen LogP contribution >= 0.6 is 11.6 Å². The summed E-state index contributed by atoms with van der Waals surface area (Å²) >= 11 is 5.97. The first kappa shape index (κ1) is 22.0. The predicted octanol–water partition coefficient (Wildman–Crippen LogP) is 3.65. The number of benzene rings is 2. The molecule has 3 rings (SSSR count). The molecule has 1 atom stereocenters. The molecule has 0 spiro atoms. The number of carbonyl (C=O) groups is 2. The van der Waals surface area contributed by atoms with E-state index in [1.165, 1.54) is 0 Å². The molecule has 1 heterocycles. The van der Waals surface area contributed by atoms with Gasteiger partial charge in [-0.25, -0.2) is 0 Å². The summed E-state index contributed by atoms with van der Waals surface area (Å²) in [5.74, 6) is 1.25. The third kappa shape index (κ3) is 5.66. The maximum atomic E-state index is 12.5. The number of hydrogen-bond donors (Lipinski definition) is 2. The van der Waals surface area contributed by atoms with E-state index in [1.807, 2.05) is 42.5 Å². The summed E-state index contributed by atoms with van der Waals surface area (Å²) in [6, 6.07) is 13.2. The standard InChI is InChI=1S/C23H27ClN2O4/c1-29-19-8-5-17(13-20(19)30-2)15-25-21(27)9-11-23(12-10-22(28)26-23)14-16-3-6-18(24)7-4-16/h3-8,13H,9-12,14-15H2,1-2H3,(H,25,27)(H,26,28)/t23-/m0/s1. The van der Waals surface area contributed by atoms with Crippen LogP contribution < -0.4 is 20.1 Å². The predicted molar refractivity (Wildman–Crippen MR) is 116 cm³/mol. The lowest BCUT2D eigenvalue weighted by atomic mass is 9.85. The number of hydrogen-bond acceptors (Lipinski definition) is 4. The molecule has 2 N–H and O–H groups in total. The van der Waals surface area contributed by atoms with Crippen LogP contribution in [0.1, 0.15) is 36.8 Å². The summed E-state index contributed by atoms with van der Waals surface area (Å²) in [5.41, 5.74) is 1.62. The first-order valence-electron chi connectivity index (χ1n) is 9.96. The lowest BCUT2D eigenvalue weighted by Gasteiger charge is -2.29. The van der Waals surface area contributed by atoms with E-state index >= 15 is 0 Å². The van der Waals surface area contributed by atoms with Crippen LogP contribution in [0, 0.1) is 0 Å². The van der Waals surface area contributed by atoms with Gasteiger partial charge in [-0.05, 0) is 54.7 Å². The highest BCUT2D eigenvalue weighted by Gasteiger charge is 2.37. The van der Waals surface area contributed by atoms with Gasteiger partial charge in [-0.2, -0.15) is 0 Å². The molecular weight excluding hydrogens is 404 g/mol. The Morgan fingerprint density at radius 1 is 1.10 bits per heavy atom. The number of nitrogens with one attached hydrogen (secondary N) is 2. The molecule has 1 saturated heterocycles. The van der Waals surface area contributed by atoms with Crippen LogP contribution in [0.5, 0.6) is 11.5 Å². The second-order valence-corrected chi connectivity index (χ2v) is 8.03. The van der Waals surface area contributed by atoms with Crippen LogP contribution in [0.3, 0.4) is 0 Å². The highest BCUT2D eigenvalue weighted by Crippen LogP contribution is 2.30. The van der Waals surface area contributed by atoms with Gasteiger partial charge in [0.15, 0.2) is 11.5 Å². The number of halogens is 1. The molecule has 2 amide bonds. The van der Waals surface area contributed by atoms with E-state index in [9.17, 15) is 9.59 Å². The van der Waals surface area contributed by atoms with E-state index in [4.69, 9.17) is 21.1 Å². The molecule has 0 bridgehead atoms. The van der Waals surface area contributed by atoms with Crippen LogP contribution in [0.25, 0.3) is 0 Å². The average Bonchev–Trinajstić information content (AvgIpc) is 3.12. The SMILES string of the molecule is COc1ccc(CNC(=O)CC[C@@]2(Cc3ccc(Cl)cc3)CCC(=O)N2)cc1OC. The molecule has 0 unspecified atom stereocenters. The van der Waals surface area contributed by atoms with E-state index in [2.05, 4.69) is 10.6 Å². The van der Waals surface area contributed by atoms with Gasteiger partial charge >= 0.3 is 0 Å². The molecule has 0 aromatic heterocycles. The molecule has 2 aromatic carbocycles. The second-order valence-electron chi connectivity index (χ2n) is 7.60. The fraction of sp³-hybridized carbons (Fsp3) is 0.391. The zero-order chi connectivity index (χ0) is 21.6. The largest absolute Gasteiger partial charge is 0.493 e. The Morgan fingerprint density at radius 3 is 2.43 bits per heavy atom. The number of methoxy groups -OCH3 is 2. The van der Waals surface area contributed by atoms with Gasteiger partial charge in [0.2, 0.25) is 11.8 Å². The van der Waals surface area contributed by atoms with Crippen molar-refractivity contribution in [2.75, 3.05) is 14.2 Å². The average molecular weight is 431 g/mol. The van der Waals surface area contributed by atoms with Crippen LogP contribution in [0.4, 0.5) is 0 Å². The van der Waals surface area contributed by atoms with Gasteiger partial charge in [-0.15, -0.1) is 0 Å². The van der Waals surface area contributed by atoms with Gasteiger partial charge < -0.3 is 20.1 Å². The Morgan fingerprint density at radius 2 is 1.80 bits per heavy atom. The van der Waals surface area contributed by atoms with Crippen molar-refractivity contribution in [1.29, 1.82) is 0 Å². The number of amides is 2. The van der Waals surface area contributed by atoms with E-state index in [1.54, 1.807) is 14.2 Å². The fourth-order valence-electron chi connectivity index (χ4n) is 3.81. The van der Waals surface area contributed by atoms with E-state index in [-0.39, 0.29) is 11.8 Å². The van der Waals surface area contributed by atoms with Crippen LogP contribution in [-0.4, -0.2) is 31.6 Å². The third-order valence-corrected chi connectivity index (χ3v) is 5.71. The normalized spacial score (nSPS) is 18.0. The molecule has 1 aliphatic rings. The van der Waals surface area contributed by atoms with Crippen molar-refractivity contribution >= 4 is 23.4 Å². The zero-order valence-electron chi connectivity index (χ0n) is 17.3. The molecule has 0 radical (unpaired) electrons. The van der Waals surface area contributed by atoms with Crippen LogP contribution in [0.15, 0.2) is 42.5 Å². The van der Waals surface area contributed by atoms with E-state index in [0.29, 0.717) is 48.7 Å². The van der Waals surface area contributed by atoms with Gasteiger partial charge in [0.25, 0.3) is 0 Å². The van der Waals surface area contributed by atoms with Crippen LogP contribution in [-0.2, 0) is 22.6 Å². The van der Waals surface area contributed by atoms with Gasteiger partial charge in [-0.1, -0.05) is 29.8 Å². The van der Waals surface area contributed by atoms with Gasteiger partial charge in [0.05, 0.1) is 14.2 Å². The molecular formula is C23H27ClN2O4. The van der Waals surface area contributed by atoms with Crippen LogP contribution in [0.2, 0.25) is 5.02 Å². The minimum atomic E-state index is -0.397. The third-order valence-electron chi connectivity index (χ3n) is 5.46. The molecule has 1 fully saturated rings. The highest BCUT2D eigenvalue weighted by molar-refractivity contribution is 6.30. The van der Waals surface area contributed by atoms with Gasteiger partial charge in [0, 0.05) is 29.9 Å². The lowest BCUT2D eigenvalue weighted by molar-refractivity contribution is -0.122. The number of ether oxygens (including phenoxy) is 2. The summed E-state index contributed by atoms with van der Waals surface area (Å²) in [5, 5.41) is 6.73. The summed E-state index contributed by atoms with van der Waals surface area (Å²) < 4.78 is 10.5. The second kappa shape index (κ2) is 9.85. The molecule has 2 aromatic rings. The maximum absolute atomic E-state index is 12.5. The van der Waals surface area contributed by atoms with Crippen molar-refractivity contribution in [3.05, 3.63) is 58.6 Å². The summed E-state index contributed by atoms with van der Waals surface area (Å²) in [4.78, 5) is 24.4. The Balaban J connectivity index is 1.57. The van der Waals surface area contributed by atoms with Gasteiger partial charge in [-0.3, -0.25) is 9.59 Å². The topological polar surface area (TPSA) is 76.7 Å². The van der Waals surface area contributed by atoms with E-state index in [0.717, 1.165) is 17.5 Å². The van der Waals surface area contributed by atoms with Crippen molar-refractivity contribution in [3.8, 4) is 11.5 Å². The van der Waals surface area contributed by atoms with Crippen molar-refractivity contribution in [3.63, 3.8) is 0 Å². The zero-order valence-corrected chi connectivity index (χ0v) is 18.1. The molecule has 6 nitrogen and oxygen atoms in total. The maximum Gasteiger partial charge on any atom is 0.220 e. The van der Waals surface area contributed by atoms with Crippen molar-refractivity contribution in [2.24, 2.45) is 0 Å². The molecule has 160 valence electrons. The molecule has 0 aliphatic carbocycles. The first-order chi connectivity index (χ1) is 14.4. The first-order valence-corrected chi connectivity index (χ1v) is 10.3. The summed E-state index contributed by atoms with van der Waals surface area (Å²) in [7, 11) is 3.16. The Bertz CT molecular complexity index is 901. The Kier molecular flexibility index (Phi) is 7.21. The molecule has 7 heteroatoms. The number of rotatable bonds is 9. The monoisotopic (exact) mass is 430 g/mol. The fourth-order valence-corrected chi connectivity index (χ4v) is 3.93. The molecule has 1 aliphatic heterocycles. The number of carbonyl (C=O) groups excluding carboxylic acids is 2. The van der Waals surface area contributed by atoms with E-state index < -0.39 is 5.54 Å². The minimum Gasteiger partial charge on any atom is -0.493 e. The van der Waals surface area contributed by atoms with Crippen molar-refractivity contribution in [2.45, 2.75) is 44.2 Å². The lowest BCUT2D eigenvalue weighted by Crippen LogP contribution is -2.44. The smallest absolute Gasteiger partial charge is 0.220 e. The quantitative estimate of drug-likeness (QED) is 0.636. The summed E-state index contributed by atoms with van der Waals surface area (Å²) in [6.45, 7) is 0.399. The Labute approximate surface area is 181 Å². The van der Waals surface area contributed by atoms with Crippen molar-refractivity contribution in [1.82, 2.24) is 10.6 Å². The minimum absolute atomic E-state index is 0.0368. The molecule has 30 heavy (non-hydrogen) atoms. The van der Waals surface area contributed by atoms with Crippen molar-refractivity contribution < 1.29 is 19.1 Å². The summed E-state index contributed by atoms with van der Waals surface area (Å²) in [6.07, 6.45) is 2.80. The Hall–Kier alpha value is -2.73.